The van der Waals surface area contributed by atoms with Crippen molar-refractivity contribution < 1.29 is 18.3 Å². The largest absolute Gasteiger partial charge is 0.476 e. The predicted octanol–water partition coefficient (Wildman–Crippen LogP) is 2.61. The first-order valence-electron chi connectivity index (χ1n) is 5.48. The fourth-order valence-corrected chi connectivity index (χ4v) is 3.87. The van der Waals surface area contributed by atoms with Gasteiger partial charge in [-0.2, -0.15) is 0 Å². The number of nitrogens with zero attached hydrogens (tertiary/aromatic N) is 1. The molecule has 5 nitrogen and oxygen atoms in total. The van der Waals surface area contributed by atoms with Gasteiger partial charge in [-0.15, -0.1) is 11.3 Å². The zero-order valence-corrected chi connectivity index (χ0v) is 12.5. The Labute approximate surface area is 124 Å². The van der Waals surface area contributed by atoms with Crippen LogP contribution in [-0.4, -0.2) is 24.5 Å². The van der Waals surface area contributed by atoms with Crippen LogP contribution in [0.15, 0.2) is 29.6 Å². The highest BCUT2D eigenvalue weighted by molar-refractivity contribution is 7.89. The van der Waals surface area contributed by atoms with Crippen LogP contribution in [0.3, 0.4) is 0 Å². The lowest BCUT2D eigenvalue weighted by atomic mass is 10.2. The Kier molecular flexibility index (Phi) is 4.42. The topological polar surface area (TPSA) is 84.3 Å². The van der Waals surface area contributed by atoms with Crippen LogP contribution >= 0.6 is 22.9 Å². The molecule has 0 fully saturated rings. The molecule has 1 aromatic heterocycles. The molecule has 0 aliphatic rings. The van der Waals surface area contributed by atoms with Crippen molar-refractivity contribution in [2.24, 2.45) is 0 Å². The van der Waals surface area contributed by atoms with Gasteiger partial charge < -0.3 is 5.11 Å². The quantitative estimate of drug-likeness (QED) is 0.910. The average molecular weight is 332 g/mol. The minimum absolute atomic E-state index is 0.110. The molecule has 1 N–H and O–H groups in total. The van der Waals surface area contributed by atoms with Gasteiger partial charge in [-0.05, 0) is 17.7 Å². The molecule has 1 aromatic carbocycles. The first-order chi connectivity index (χ1) is 9.35. The molecule has 0 amide bonds. The van der Waals surface area contributed by atoms with E-state index in [4.69, 9.17) is 16.7 Å². The maximum Gasteiger partial charge on any atom is 0.365 e. The molecular weight excluding hydrogens is 322 g/mol. The Morgan fingerprint density at radius 1 is 1.25 bits per heavy atom. The van der Waals surface area contributed by atoms with Crippen molar-refractivity contribution in [1.82, 2.24) is 4.98 Å². The van der Waals surface area contributed by atoms with Gasteiger partial charge in [-0.1, -0.05) is 23.7 Å². The van der Waals surface area contributed by atoms with E-state index in [0.29, 0.717) is 10.6 Å². The molecule has 106 valence electrons. The number of rotatable bonds is 5. The second-order valence-electron chi connectivity index (χ2n) is 4.11. The van der Waals surface area contributed by atoms with E-state index >= 15 is 0 Å². The van der Waals surface area contributed by atoms with Crippen LogP contribution in [0.1, 0.15) is 21.1 Å². The van der Waals surface area contributed by atoms with Crippen LogP contribution in [-0.2, 0) is 21.3 Å². The van der Waals surface area contributed by atoms with E-state index in [1.807, 2.05) is 0 Å². The monoisotopic (exact) mass is 331 g/mol. The van der Waals surface area contributed by atoms with E-state index in [9.17, 15) is 13.2 Å². The van der Waals surface area contributed by atoms with Crippen LogP contribution in [0.2, 0.25) is 5.02 Å². The van der Waals surface area contributed by atoms with Gasteiger partial charge in [-0.25, -0.2) is 18.2 Å². The Balaban J connectivity index is 2.10. The third kappa shape index (κ3) is 4.03. The van der Waals surface area contributed by atoms with Crippen molar-refractivity contribution in [2.45, 2.75) is 11.5 Å². The number of hydrogen-bond donors (Lipinski definition) is 1. The molecule has 0 unspecified atom stereocenters. The van der Waals surface area contributed by atoms with Crippen molar-refractivity contribution in [1.29, 1.82) is 0 Å². The Hall–Kier alpha value is -1.44. The minimum atomic E-state index is -3.40. The van der Waals surface area contributed by atoms with Gasteiger partial charge in [0.15, 0.2) is 9.84 Å². The highest BCUT2D eigenvalue weighted by Crippen LogP contribution is 2.17. The van der Waals surface area contributed by atoms with Crippen molar-refractivity contribution in [2.75, 3.05) is 0 Å². The van der Waals surface area contributed by atoms with Crippen LogP contribution in [0.25, 0.3) is 0 Å². The van der Waals surface area contributed by atoms with Gasteiger partial charge in [0.25, 0.3) is 0 Å². The molecule has 0 spiro atoms. The molecular formula is C12H10ClNO4S2. The van der Waals surface area contributed by atoms with Crippen molar-refractivity contribution in [3.05, 3.63) is 50.9 Å². The summed E-state index contributed by atoms with van der Waals surface area (Å²) in [7, 11) is -3.40. The zero-order valence-electron chi connectivity index (χ0n) is 10.1. The number of aromatic carboxylic acids is 1. The summed E-state index contributed by atoms with van der Waals surface area (Å²) in [4.78, 5) is 14.5. The average Bonchev–Trinajstić information content (AvgIpc) is 2.79. The molecule has 8 heteroatoms. The number of halogens is 1. The van der Waals surface area contributed by atoms with Gasteiger partial charge in [0, 0.05) is 10.4 Å². The summed E-state index contributed by atoms with van der Waals surface area (Å²) in [6.07, 6.45) is 0. The van der Waals surface area contributed by atoms with Crippen LogP contribution in [0.5, 0.6) is 0 Å². The lowest BCUT2D eigenvalue weighted by molar-refractivity contribution is 0.0696. The number of carboxylic acid groups (broad SMARTS) is 1. The molecule has 20 heavy (non-hydrogen) atoms. The van der Waals surface area contributed by atoms with Gasteiger partial charge in [-0.3, -0.25) is 0 Å². The highest BCUT2D eigenvalue weighted by atomic mass is 35.5. The Morgan fingerprint density at radius 2 is 1.90 bits per heavy atom. The van der Waals surface area contributed by atoms with Crippen LogP contribution in [0, 0.1) is 0 Å². The van der Waals surface area contributed by atoms with Gasteiger partial charge in [0.2, 0.25) is 5.01 Å². The number of sulfone groups is 1. The molecule has 1 heterocycles. The van der Waals surface area contributed by atoms with E-state index in [1.165, 1.54) is 5.38 Å². The predicted molar refractivity (Wildman–Crippen MR) is 76.9 cm³/mol. The van der Waals surface area contributed by atoms with Crippen molar-refractivity contribution in [3.8, 4) is 0 Å². The number of carbonyl (C=O) groups is 1. The first kappa shape index (κ1) is 15.0. The molecule has 0 aliphatic heterocycles. The number of aromatic nitrogens is 1. The summed E-state index contributed by atoms with van der Waals surface area (Å²) in [5.41, 5.74) is 0.879. The number of hydrogen-bond acceptors (Lipinski definition) is 5. The maximum absolute atomic E-state index is 12.0. The fraction of sp³-hybridized carbons (Fsp3) is 0.167. The number of benzene rings is 1. The molecule has 0 atom stereocenters. The molecule has 0 aliphatic carbocycles. The first-order valence-corrected chi connectivity index (χ1v) is 8.56. The van der Waals surface area contributed by atoms with Crippen LogP contribution in [0.4, 0.5) is 0 Å². The van der Waals surface area contributed by atoms with E-state index in [-0.39, 0.29) is 22.2 Å². The van der Waals surface area contributed by atoms with Gasteiger partial charge in [0.1, 0.15) is 0 Å². The number of carboxylic acids is 1. The molecule has 0 saturated carbocycles. The Bertz CT molecular complexity index is 722. The molecule has 0 saturated heterocycles. The molecule has 2 aromatic rings. The summed E-state index contributed by atoms with van der Waals surface area (Å²) in [5.74, 6) is -1.57. The van der Waals surface area contributed by atoms with E-state index < -0.39 is 15.8 Å². The van der Waals surface area contributed by atoms with Gasteiger partial charge >= 0.3 is 5.97 Å². The maximum atomic E-state index is 12.0. The van der Waals surface area contributed by atoms with Crippen molar-refractivity contribution in [3.63, 3.8) is 0 Å². The Morgan fingerprint density at radius 3 is 2.45 bits per heavy atom. The van der Waals surface area contributed by atoms with Crippen LogP contribution < -0.4 is 0 Å². The fourth-order valence-electron chi connectivity index (χ4n) is 1.58. The zero-order chi connectivity index (χ0) is 14.8. The summed E-state index contributed by atoms with van der Waals surface area (Å²) in [5, 5.41) is 10.6. The lowest BCUT2D eigenvalue weighted by Crippen LogP contribution is -2.08. The second-order valence-corrected chi connectivity index (χ2v) is 7.47. The number of thiazole rings is 1. The summed E-state index contributed by atoms with van der Waals surface area (Å²) >= 11 is 6.65. The van der Waals surface area contributed by atoms with Crippen molar-refractivity contribution >= 4 is 38.7 Å². The van der Waals surface area contributed by atoms with E-state index in [0.717, 1.165) is 11.3 Å². The minimum Gasteiger partial charge on any atom is -0.476 e. The normalized spacial score (nSPS) is 11.4. The third-order valence-corrected chi connectivity index (χ3v) is 5.04. The smallest absolute Gasteiger partial charge is 0.365 e. The third-order valence-electron chi connectivity index (χ3n) is 2.40. The summed E-state index contributed by atoms with van der Waals surface area (Å²) in [6.45, 7) is 0. The second kappa shape index (κ2) is 5.90. The van der Waals surface area contributed by atoms with E-state index in [1.54, 1.807) is 24.3 Å². The SMILES string of the molecule is O=C(O)c1nc(CS(=O)(=O)Cc2ccc(Cl)cc2)cs1. The standard InChI is InChI=1S/C12H10ClNO4S2/c13-9-3-1-8(2-4-9)6-20(17,18)7-10-5-19-11(14-10)12(15)16/h1-5H,6-7H2,(H,15,16). The van der Waals surface area contributed by atoms with E-state index in [2.05, 4.69) is 4.98 Å². The molecule has 0 radical (unpaired) electrons. The lowest BCUT2D eigenvalue weighted by Gasteiger charge is -2.03. The van der Waals surface area contributed by atoms with Gasteiger partial charge in [0.05, 0.1) is 17.2 Å². The summed E-state index contributed by atoms with van der Waals surface area (Å²) < 4.78 is 24.0. The molecule has 0 bridgehead atoms. The molecule has 2 rings (SSSR count). The summed E-state index contributed by atoms with van der Waals surface area (Å²) in [6, 6.07) is 6.53. The highest BCUT2D eigenvalue weighted by Gasteiger charge is 2.17.